The van der Waals surface area contributed by atoms with E-state index in [0.717, 1.165) is 15.7 Å². The van der Waals surface area contributed by atoms with Crippen LogP contribution < -0.4 is 5.32 Å². The third kappa shape index (κ3) is 4.54. The largest absolute Gasteiger partial charge is 0.322 e. The highest BCUT2D eigenvalue weighted by Gasteiger charge is 1.98. The highest BCUT2D eigenvalue weighted by Crippen LogP contribution is 2.16. The zero-order chi connectivity index (χ0) is 13.7. The first-order valence-electron chi connectivity index (χ1n) is 5.64. The SMILES string of the molecule is O=C(/C=C/c1ccc(Cl)cc1)Nc1cccc(Br)c1. The Hall–Kier alpha value is -1.58. The van der Waals surface area contributed by atoms with Crippen molar-refractivity contribution in [1.82, 2.24) is 0 Å². The number of carbonyl (C=O) groups is 1. The summed E-state index contributed by atoms with van der Waals surface area (Å²) < 4.78 is 0.923. The molecule has 1 amide bonds. The van der Waals surface area contributed by atoms with Crippen molar-refractivity contribution in [1.29, 1.82) is 0 Å². The number of rotatable bonds is 3. The standard InChI is InChI=1S/C15H11BrClNO/c16-12-2-1-3-14(10-12)18-15(19)9-6-11-4-7-13(17)8-5-11/h1-10H,(H,18,19)/b9-6+. The lowest BCUT2D eigenvalue weighted by atomic mass is 10.2. The number of halogens is 2. The summed E-state index contributed by atoms with van der Waals surface area (Å²) in [6.07, 6.45) is 3.23. The van der Waals surface area contributed by atoms with Gasteiger partial charge in [0.25, 0.3) is 0 Å². The molecule has 2 aromatic carbocycles. The van der Waals surface area contributed by atoms with Crippen LogP contribution in [0.3, 0.4) is 0 Å². The molecule has 4 heteroatoms. The van der Waals surface area contributed by atoms with Crippen LogP contribution in [-0.4, -0.2) is 5.91 Å². The van der Waals surface area contributed by atoms with Crippen LogP contribution in [-0.2, 0) is 4.79 Å². The molecular formula is C15H11BrClNO. The smallest absolute Gasteiger partial charge is 0.248 e. The Bertz CT molecular complexity index is 608. The fraction of sp³-hybridized carbons (Fsp3) is 0. The molecule has 0 aliphatic carbocycles. The summed E-state index contributed by atoms with van der Waals surface area (Å²) in [5.41, 5.74) is 1.67. The van der Waals surface area contributed by atoms with Gasteiger partial charge in [0, 0.05) is 21.3 Å². The molecule has 2 nitrogen and oxygen atoms in total. The summed E-state index contributed by atoms with van der Waals surface area (Å²) in [6.45, 7) is 0. The van der Waals surface area contributed by atoms with Crippen molar-refractivity contribution in [2.45, 2.75) is 0 Å². The van der Waals surface area contributed by atoms with Crippen LogP contribution >= 0.6 is 27.5 Å². The van der Waals surface area contributed by atoms with Gasteiger partial charge in [-0.1, -0.05) is 45.7 Å². The van der Waals surface area contributed by atoms with Crippen molar-refractivity contribution in [2.75, 3.05) is 5.32 Å². The van der Waals surface area contributed by atoms with Crippen molar-refractivity contribution < 1.29 is 4.79 Å². The van der Waals surface area contributed by atoms with Gasteiger partial charge in [-0.2, -0.15) is 0 Å². The normalized spacial score (nSPS) is 10.6. The van der Waals surface area contributed by atoms with Crippen molar-refractivity contribution in [3.63, 3.8) is 0 Å². The van der Waals surface area contributed by atoms with E-state index < -0.39 is 0 Å². The van der Waals surface area contributed by atoms with Crippen molar-refractivity contribution in [3.8, 4) is 0 Å². The average Bonchev–Trinajstić information content (AvgIpc) is 2.38. The lowest BCUT2D eigenvalue weighted by Gasteiger charge is -2.02. The van der Waals surface area contributed by atoms with Gasteiger partial charge in [0.1, 0.15) is 0 Å². The second-order valence-electron chi connectivity index (χ2n) is 3.88. The summed E-state index contributed by atoms with van der Waals surface area (Å²) >= 11 is 9.14. The fourth-order valence-corrected chi connectivity index (χ4v) is 2.02. The second kappa shape index (κ2) is 6.55. The Labute approximate surface area is 125 Å². The van der Waals surface area contributed by atoms with E-state index >= 15 is 0 Å². The van der Waals surface area contributed by atoms with Crippen molar-refractivity contribution in [2.24, 2.45) is 0 Å². The molecular weight excluding hydrogens is 326 g/mol. The number of hydrogen-bond donors (Lipinski definition) is 1. The first kappa shape index (κ1) is 13.8. The summed E-state index contributed by atoms with van der Waals surface area (Å²) in [4.78, 5) is 11.7. The Morgan fingerprint density at radius 3 is 2.58 bits per heavy atom. The Balaban J connectivity index is 1.99. The molecule has 0 unspecified atom stereocenters. The highest BCUT2D eigenvalue weighted by atomic mass is 79.9. The lowest BCUT2D eigenvalue weighted by Crippen LogP contribution is -2.07. The van der Waals surface area contributed by atoms with Gasteiger partial charge in [-0.3, -0.25) is 4.79 Å². The molecule has 0 aromatic heterocycles. The van der Waals surface area contributed by atoms with Gasteiger partial charge in [-0.25, -0.2) is 0 Å². The summed E-state index contributed by atoms with van der Waals surface area (Å²) in [7, 11) is 0. The molecule has 96 valence electrons. The van der Waals surface area contributed by atoms with E-state index in [1.165, 1.54) is 6.08 Å². The number of carbonyl (C=O) groups excluding carboxylic acids is 1. The molecule has 0 aliphatic rings. The van der Waals surface area contributed by atoms with Crippen LogP contribution in [0.5, 0.6) is 0 Å². The van der Waals surface area contributed by atoms with E-state index in [2.05, 4.69) is 21.2 Å². The maximum Gasteiger partial charge on any atom is 0.248 e. The fourth-order valence-electron chi connectivity index (χ4n) is 1.50. The molecule has 2 rings (SSSR count). The predicted molar refractivity (Wildman–Crippen MR) is 83.3 cm³/mol. The highest BCUT2D eigenvalue weighted by molar-refractivity contribution is 9.10. The van der Waals surface area contributed by atoms with Gasteiger partial charge in [0.2, 0.25) is 5.91 Å². The van der Waals surface area contributed by atoms with Crippen LogP contribution in [0.15, 0.2) is 59.1 Å². The average molecular weight is 337 g/mol. The number of nitrogens with one attached hydrogen (secondary N) is 1. The summed E-state index contributed by atoms with van der Waals surface area (Å²) in [5.74, 6) is -0.173. The molecule has 0 spiro atoms. The van der Waals surface area contributed by atoms with Crippen LogP contribution in [0, 0.1) is 0 Å². The first-order valence-corrected chi connectivity index (χ1v) is 6.81. The molecule has 0 heterocycles. The van der Waals surface area contributed by atoms with Crippen LogP contribution in [0.4, 0.5) is 5.69 Å². The Kier molecular flexibility index (Phi) is 4.77. The maximum absolute atomic E-state index is 11.7. The summed E-state index contributed by atoms with van der Waals surface area (Å²) in [5, 5.41) is 3.46. The molecule has 0 bridgehead atoms. The molecule has 0 fully saturated rings. The minimum Gasteiger partial charge on any atom is -0.322 e. The molecule has 0 radical (unpaired) electrons. The van der Waals surface area contributed by atoms with E-state index in [-0.39, 0.29) is 5.91 Å². The van der Waals surface area contributed by atoms with E-state index in [0.29, 0.717) is 5.02 Å². The van der Waals surface area contributed by atoms with E-state index in [1.807, 2.05) is 36.4 Å². The monoisotopic (exact) mass is 335 g/mol. The topological polar surface area (TPSA) is 29.1 Å². The molecule has 2 aromatic rings. The van der Waals surface area contributed by atoms with Crippen molar-refractivity contribution >= 4 is 45.2 Å². The molecule has 0 saturated heterocycles. The van der Waals surface area contributed by atoms with Gasteiger partial charge in [0.05, 0.1) is 0 Å². The van der Waals surface area contributed by atoms with Gasteiger partial charge in [-0.05, 0) is 42.0 Å². The van der Waals surface area contributed by atoms with Gasteiger partial charge in [0.15, 0.2) is 0 Å². The number of benzene rings is 2. The zero-order valence-corrected chi connectivity index (χ0v) is 12.3. The second-order valence-corrected chi connectivity index (χ2v) is 5.24. The third-order valence-electron chi connectivity index (χ3n) is 2.39. The Morgan fingerprint density at radius 1 is 1.16 bits per heavy atom. The minimum absolute atomic E-state index is 0.173. The third-order valence-corrected chi connectivity index (χ3v) is 3.13. The summed E-state index contributed by atoms with van der Waals surface area (Å²) in [6, 6.07) is 14.7. The van der Waals surface area contributed by atoms with E-state index in [4.69, 9.17) is 11.6 Å². The van der Waals surface area contributed by atoms with Crippen LogP contribution in [0.1, 0.15) is 5.56 Å². The van der Waals surface area contributed by atoms with Gasteiger partial charge < -0.3 is 5.32 Å². The molecule has 19 heavy (non-hydrogen) atoms. The molecule has 0 atom stereocenters. The van der Waals surface area contributed by atoms with E-state index in [9.17, 15) is 4.79 Å². The minimum atomic E-state index is -0.173. The maximum atomic E-state index is 11.7. The van der Waals surface area contributed by atoms with Crippen LogP contribution in [0.25, 0.3) is 6.08 Å². The number of anilines is 1. The lowest BCUT2D eigenvalue weighted by molar-refractivity contribution is -0.111. The predicted octanol–water partition coefficient (Wildman–Crippen LogP) is 4.75. The van der Waals surface area contributed by atoms with Gasteiger partial charge >= 0.3 is 0 Å². The van der Waals surface area contributed by atoms with Gasteiger partial charge in [-0.15, -0.1) is 0 Å². The molecule has 1 N–H and O–H groups in total. The molecule has 0 saturated carbocycles. The number of amides is 1. The first-order chi connectivity index (χ1) is 9.13. The molecule has 0 aliphatic heterocycles. The zero-order valence-electron chi connectivity index (χ0n) is 9.94. The van der Waals surface area contributed by atoms with Crippen molar-refractivity contribution in [3.05, 3.63) is 69.7 Å². The van der Waals surface area contributed by atoms with Crippen LogP contribution in [0.2, 0.25) is 5.02 Å². The van der Waals surface area contributed by atoms with E-state index in [1.54, 1.807) is 18.2 Å². The Morgan fingerprint density at radius 2 is 1.89 bits per heavy atom. The quantitative estimate of drug-likeness (QED) is 0.805. The number of hydrogen-bond acceptors (Lipinski definition) is 1.